The van der Waals surface area contributed by atoms with Gasteiger partial charge in [-0.3, -0.25) is 4.90 Å². The number of hydrogen-bond acceptors (Lipinski definition) is 6. The molecule has 3 aromatic carbocycles. The normalized spacial score (nSPS) is 23.1. The topological polar surface area (TPSA) is 128 Å². The summed E-state index contributed by atoms with van der Waals surface area (Å²) < 4.78 is 11.6. The first-order chi connectivity index (χ1) is 20.9. The lowest BCUT2D eigenvalue weighted by Gasteiger charge is -2.22. The minimum absolute atomic E-state index is 0.149. The Hall–Kier alpha value is -4.41. The third-order valence-electron chi connectivity index (χ3n) is 9.33. The first-order valence-electron chi connectivity index (χ1n) is 15.0. The van der Waals surface area contributed by atoms with E-state index < -0.39 is 6.09 Å². The molecule has 5 aromatic rings. The number of aromatic amines is 2. The van der Waals surface area contributed by atoms with Crippen LogP contribution in [0.15, 0.2) is 48.7 Å². The predicted octanol–water partition coefficient (Wildman–Crippen LogP) is 6.17. The molecule has 10 nitrogen and oxygen atoms in total. The number of methoxy groups -OCH3 is 1. The van der Waals surface area contributed by atoms with Gasteiger partial charge in [0.1, 0.15) is 24.0 Å². The second kappa shape index (κ2) is 10.1. The van der Waals surface area contributed by atoms with Crippen LogP contribution in [0.2, 0.25) is 0 Å². The van der Waals surface area contributed by atoms with E-state index in [1.807, 2.05) is 0 Å². The Bertz CT molecular complexity index is 1880. The molecule has 0 aliphatic carbocycles. The second-order valence-electron chi connectivity index (χ2n) is 12.2. The molecule has 220 valence electrons. The van der Waals surface area contributed by atoms with Crippen LogP contribution in [0.5, 0.6) is 5.75 Å². The summed E-state index contributed by atoms with van der Waals surface area (Å²) in [5.41, 5.74) is 7.18. The zero-order valence-corrected chi connectivity index (χ0v) is 24.2. The van der Waals surface area contributed by atoms with E-state index >= 15 is 0 Å². The first kappa shape index (κ1) is 26.2. The van der Waals surface area contributed by atoms with Gasteiger partial charge in [-0.1, -0.05) is 18.2 Å². The maximum atomic E-state index is 11.9. The first-order valence-corrected chi connectivity index (χ1v) is 15.0. The molecular formula is C33H34N6O4. The molecule has 0 bridgehead atoms. The highest BCUT2D eigenvalue weighted by molar-refractivity contribution is 6.07. The van der Waals surface area contributed by atoms with E-state index in [1.54, 1.807) is 13.3 Å². The average molecular weight is 579 g/mol. The maximum Gasteiger partial charge on any atom is 0.407 e. The number of H-pyrrole nitrogens is 2. The molecule has 0 radical (unpaired) electrons. The summed E-state index contributed by atoms with van der Waals surface area (Å²) in [5, 5.41) is 15.6. The monoisotopic (exact) mass is 578 g/mol. The molecule has 5 heterocycles. The number of hydrogen-bond donors (Lipinski definition) is 4. The van der Waals surface area contributed by atoms with Gasteiger partial charge in [0.15, 0.2) is 0 Å². The lowest BCUT2D eigenvalue weighted by Crippen LogP contribution is -2.30. The number of carbonyl (C=O) groups is 1. The van der Waals surface area contributed by atoms with E-state index in [-0.39, 0.29) is 18.0 Å². The molecule has 4 atom stereocenters. The van der Waals surface area contributed by atoms with Gasteiger partial charge in [0, 0.05) is 36.6 Å². The molecular weight excluding hydrogens is 544 g/mol. The third-order valence-corrected chi connectivity index (χ3v) is 9.33. The van der Waals surface area contributed by atoms with Crippen molar-refractivity contribution in [3.63, 3.8) is 0 Å². The summed E-state index contributed by atoms with van der Waals surface area (Å²) in [4.78, 5) is 29.9. The molecule has 0 unspecified atom stereocenters. The van der Waals surface area contributed by atoms with Gasteiger partial charge in [-0.25, -0.2) is 14.8 Å². The van der Waals surface area contributed by atoms with Crippen molar-refractivity contribution in [3.8, 4) is 28.1 Å². The van der Waals surface area contributed by atoms with Gasteiger partial charge in [0.05, 0.1) is 41.6 Å². The van der Waals surface area contributed by atoms with Gasteiger partial charge in [-0.05, 0) is 72.5 Å². The Balaban J connectivity index is 1.10. The van der Waals surface area contributed by atoms with Gasteiger partial charge in [0.25, 0.3) is 0 Å². The Kier molecular flexibility index (Phi) is 6.16. The zero-order chi connectivity index (χ0) is 29.2. The van der Waals surface area contributed by atoms with Crippen LogP contribution in [0.3, 0.4) is 0 Å². The van der Waals surface area contributed by atoms with Crippen molar-refractivity contribution < 1.29 is 19.4 Å². The number of fused-ring (bicyclic) bond motifs is 6. The quantitative estimate of drug-likeness (QED) is 0.196. The number of aromatic nitrogens is 4. The fourth-order valence-corrected chi connectivity index (χ4v) is 7.19. The molecule has 43 heavy (non-hydrogen) atoms. The van der Waals surface area contributed by atoms with Crippen molar-refractivity contribution in [1.82, 2.24) is 30.2 Å². The van der Waals surface area contributed by atoms with Crippen molar-refractivity contribution in [1.29, 1.82) is 0 Å². The molecule has 2 aromatic heterocycles. The number of imidazole rings is 2. The highest BCUT2D eigenvalue weighted by Crippen LogP contribution is 2.43. The highest BCUT2D eigenvalue weighted by atomic mass is 16.5. The zero-order valence-electron chi connectivity index (χ0n) is 24.2. The number of ether oxygens (including phenoxy) is 2. The Labute approximate surface area is 248 Å². The molecule has 2 fully saturated rings. The summed E-state index contributed by atoms with van der Waals surface area (Å²) in [6.07, 6.45) is 3.78. The van der Waals surface area contributed by atoms with Crippen LogP contribution in [0.25, 0.3) is 44.2 Å². The average Bonchev–Trinajstić information content (AvgIpc) is 3.81. The van der Waals surface area contributed by atoms with Gasteiger partial charge in [-0.15, -0.1) is 0 Å². The van der Waals surface area contributed by atoms with Gasteiger partial charge in [-0.2, -0.15) is 0 Å². The molecule has 4 N–H and O–H groups in total. The standard InChI is InChI=1S/C33H34N6O4/c1-17-3-7-26(35-17)31-36-25-8-5-19-11-24-22-6-4-20(10-21(22)16-43-29(24)12-23(19)30(25)38-31)27-13-34-32(37-27)28-9-18(15-42-2)14-39(28)33(40)41/h4-6,8,10-13,17-18,26,28,35H,3,7,9,14-16H2,1-2H3,(H,34,37)(H,36,38)(H,40,41)/t17-,18-,26-,28-/m0/s1. The molecule has 0 saturated carbocycles. The molecule has 10 heteroatoms. The fraction of sp³-hybridized carbons (Fsp3) is 0.364. The number of carboxylic acid groups (broad SMARTS) is 1. The lowest BCUT2D eigenvalue weighted by molar-refractivity contribution is 0.131. The minimum atomic E-state index is -0.937. The third kappa shape index (κ3) is 4.44. The SMILES string of the molecule is COC[C@H]1C[C@@H](c2ncc(-c3ccc4c(c3)COc3cc5c(ccc6nc([C@@H]7CC[C@H](C)N7)[nH]c65)cc3-4)[nH]2)N(C(=O)O)C1. The van der Waals surface area contributed by atoms with E-state index in [0.29, 0.717) is 38.0 Å². The molecule has 3 aliphatic heterocycles. The summed E-state index contributed by atoms with van der Waals surface area (Å²) in [6.45, 7) is 3.65. The second-order valence-corrected chi connectivity index (χ2v) is 12.2. The van der Waals surface area contributed by atoms with Crippen molar-refractivity contribution in [3.05, 3.63) is 65.9 Å². The predicted molar refractivity (Wildman–Crippen MR) is 163 cm³/mol. The Morgan fingerprint density at radius 3 is 2.84 bits per heavy atom. The number of rotatable bonds is 5. The molecule has 3 aliphatic rings. The summed E-state index contributed by atoms with van der Waals surface area (Å²) in [7, 11) is 1.65. The maximum absolute atomic E-state index is 11.9. The smallest absolute Gasteiger partial charge is 0.407 e. The number of amides is 1. The van der Waals surface area contributed by atoms with Crippen LogP contribution in [0, 0.1) is 5.92 Å². The largest absolute Gasteiger partial charge is 0.488 e. The van der Waals surface area contributed by atoms with Crippen LogP contribution in [0.4, 0.5) is 4.79 Å². The van der Waals surface area contributed by atoms with Gasteiger partial charge in [0.2, 0.25) is 0 Å². The van der Waals surface area contributed by atoms with E-state index in [4.69, 9.17) is 14.5 Å². The van der Waals surface area contributed by atoms with E-state index in [0.717, 1.165) is 74.2 Å². The van der Waals surface area contributed by atoms with Crippen LogP contribution >= 0.6 is 0 Å². The minimum Gasteiger partial charge on any atom is -0.488 e. The van der Waals surface area contributed by atoms with Crippen molar-refractivity contribution >= 4 is 27.9 Å². The van der Waals surface area contributed by atoms with Crippen molar-refractivity contribution in [2.24, 2.45) is 5.92 Å². The Morgan fingerprint density at radius 2 is 2.02 bits per heavy atom. The lowest BCUT2D eigenvalue weighted by atomic mass is 9.92. The van der Waals surface area contributed by atoms with E-state index in [2.05, 4.69) is 69.7 Å². The van der Waals surface area contributed by atoms with Crippen molar-refractivity contribution in [2.45, 2.75) is 50.9 Å². The summed E-state index contributed by atoms with van der Waals surface area (Å²) >= 11 is 0. The van der Waals surface area contributed by atoms with Gasteiger partial charge >= 0.3 is 6.09 Å². The summed E-state index contributed by atoms with van der Waals surface area (Å²) in [6, 6.07) is 15.4. The molecule has 8 rings (SSSR count). The molecule has 0 spiro atoms. The molecule has 1 amide bonds. The van der Waals surface area contributed by atoms with Crippen LogP contribution in [-0.2, 0) is 11.3 Å². The number of benzene rings is 3. The van der Waals surface area contributed by atoms with E-state index in [1.165, 1.54) is 4.90 Å². The van der Waals surface area contributed by atoms with E-state index in [9.17, 15) is 9.90 Å². The van der Waals surface area contributed by atoms with Gasteiger partial charge < -0.3 is 29.9 Å². The Morgan fingerprint density at radius 1 is 1.12 bits per heavy atom. The number of nitrogens with one attached hydrogen (secondary N) is 3. The highest BCUT2D eigenvalue weighted by Gasteiger charge is 2.38. The fourth-order valence-electron chi connectivity index (χ4n) is 7.19. The van der Waals surface area contributed by atoms with Crippen molar-refractivity contribution in [2.75, 3.05) is 20.3 Å². The number of likely N-dealkylation sites (tertiary alicyclic amines) is 1. The molecule has 2 saturated heterocycles. The van der Waals surface area contributed by atoms with Crippen LogP contribution < -0.4 is 10.1 Å². The van der Waals surface area contributed by atoms with Crippen LogP contribution in [0.1, 0.15) is 55.5 Å². The summed E-state index contributed by atoms with van der Waals surface area (Å²) in [5.74, 6) is 2.68. The number of nitrogens with zero attached hydrogens (tertiary/aromatic N) is 3. The van der Waals surface area contributed by atoms with Crippen LogP contribution in [-0.4, -0.2) is 62.3 Å².